The van der Waals surface area contributed by atoms with Gasteiger partial charge in [-0.2, -0.15) is 0 Å². The van der Waals surface area contributed by atoms with Crippen LogP contribution >= 0.6 is 0 Å². The van der Waals surface area contributed by atoms with Crippen LogP contribution in [0.3, 0.4) is 0 Å². The minimum Gasteiger partial charge on any atom is -0.388 e. The van der Waals surface area contributed by atoms with Crippen LogP contribution in [0, 0.1) is 13.8 Å². The van der Waals surface area contributed by atoms with E-state index in [1.165, 1.54) is 17.5 Å². The van der Waals surface area contributed by atoms with Crippen molar-refractivity contribution in [2.75, 3.05) is 6.61 Å². The van der Waals surface area contributed by atoms with Crippen molar-refractivity contribution < 1.29 is 9.84 Å². The summed E-state index contributed by atoms with van der Waals surface area (Å²) in [5.74, 6) is 0. The van der Waals surface area contributed by atoms with Gasteiger partial charge in [0.25, 0.3) is 0 Å². The second-order valence-corrected chi connectivity index (χ2v) is 5.03. The molecule has 2 heteroatoms. The maximum absolute atomic E-state index is 10.3. The summed E-state index contributed by atoms with van der Waals surface area (Å²) in [7, 11) is 0. The molecule has 0 bridgehead atoms. The summed E-state index contributed by atoms with van der Waals surface area (Å²) in [6.45, 7) is 5.02. The Morgan fingerprint density at radius 2 is 2.18 bits per heavy atom. The van der Waals surface area contributed by atoms with Crippen molar-refractivity contribution in [1.82, 2.24) is 0 Å². The maximum Gasteiger partial charge on any atom is 0.0817 e. The average Bonchev–Trinajstić information content (AvgIpc) is 2.34. The summed E-state index contributed by atoms with van der Waals surface area (Å²) in [6, 6.07) is 6.13. The zero-order valence-electron chi connectivity index (χ0n) is 10.8. The molecule has 1 aromatic rings. The van der Waals surface area contributed by atoms with Crippen LogP contribution in [0.2, 0.25) is 0 Å². The molecule has 1 heterocycles. The van der Waals surface area contributed by atoms with Crippen LogP contribution in [0.5, 0.6) is 0 Å². The largest absolute Gasteiger partial charge is 0.388 e. The Bertz CT molecular complexity index is 367. The molecule has 1 saturated heterocycles. The number of aliphatic hydroxyl groups is 1. The molecule has 1 N–H and O–H groups in total. The molecule has 2 unspecified atom stereocenters. The molecular formula is C15H22O2. The van der Waals surface area contributed by atoms with E-state index in [1.54, 1.807) is 0 Å². The monoisotopic (exact) mass is 234 g/mol. The number of aliphatic hydroxyl groups excluding tert-OH is 1. The van der Waals surface area contributed by atoms with Gasteiger partial charge in [-0.05, 0) is 49.8 Å². The predicted octanol–water partition coefficient (Wildman–Crippen LogP) is 3.30. The molecule has 0 aromatic heterocycles. The van der Waals surface area contributed by atoms with Gasteiger partial charge >= 0.3 is 0 Å². The fourth-order valence-electron chi connectivity index (χ4n) is 2.50. The van der Waals surface area contributed by atoms with Crippen molar-refractivity contribution in [2.24, 2.45) is 0 Å². The van der Waals surface area contributed by atoms with Gasteiger partial charge in [0.05, 0.1) is 12.2 Å². The van der Waals surface area contributed by atoms with Gasteiger partial charge in [0.15, 0.2) is 0 Å². The van der Waals surface area contributed by atoms with E-state index in [0.717, 1.165) is 31.4 Å². The van der Waals surface area contributed by atoms with E-state index in [1.807, 2.05) is 12.1 Å². The molecule has 2 nitrogen and oxygen atoms in total. The van der Waals surface area contributed by atoms with Crippen LogP contribution < -0.4 is 0 Å². The highest BCUT2D eigenvalue weighted by Gasteiger charge is 2.20. The fraction of sp³-hybridized carbons (Fsp3) is 0.600. The molecular weight excluding hydrogens is 212 g/mol. The molecule has 1 aliphatic rings. The number of hydrogen-bond donors (Lipinski definition) is 1. The Kier molecular flexibility index (Phi) is 4.19. The molecule has 2 atom stereocenters. The topological polar surface area (TPSA) is 29.5 Å². The Labute approximate surface area is 104 Å². The summed E-state index contributed by atoms with van der Waals surface area (Å²) in [5, 5.41) is 10.3. The highest BCUT2D eigenvalue weighted by Crippen LogP contribution is 2.27. The highest BCUT2D eigenvalue weighted by molar-refractivity contribution is 5.34. The van der Waals surface area contributed by atoms with Crippen LogP contribution in [0.4, 0.5) is 0 Å². The lowest BCUT2D eigenvalue weighted by molar-refractivity contribution is -0.0156. The first-order valence-electron chi connectivity index (χ1n) is 6.54. The second-order valence-electron chi connectivity index (χ2n) is 5.03. The van der Waals surface area contributed by atoms with Gasteiger partial charge in [0, 0.05) is 13.0 Å². The molecule has 17 heavy (non-hydrogen) atoms. The van der Waals surface area contributed by atoms with Gasteiger partial charge in [0.2, 0.25) is 0 Å². The third-order valence-corrected chi connectivity index (χ3v) is 3.77. The number of benzene rings is 1. The Morgan fingerprint density at radius 3 is 2.88 bits per heavy atom. The van der Waals surface area contributed by atoms with Gasteiger partial charge in [-0.15, -0.1) is 0 Å². The molecule has 2 rings (SSSR count). The van der Waals surface area contributed by atoms with Crippen LogP contribution in [-0.2, 0) is 4.74 Å². The average molecular weight is 234 g/mol. The van der Waals surface area contributed by atoms with Gasteiger partial charge in [-0.3, -0.25) is 0 Å². The van der Waals surface area contributed by atoms with E-state index in [4.69, 9.17) is 4.74 Å². The number of ether oxygens (including phenoxy) is 1. The molecule has 0 saturated carbocycles. The summed E-state index contributed by atoms with van der Waals surface area (Å²) < 4.78 is 5.68. The molecule has 0 radical (unpaired) electrons. The molecule has 1 fully saturated rings. The summed E-state index contributed by atoms with van der Waals surface area (Å²) in [4.78, 5) is 0. The molecule has 0 spiro atoms. The van der Waals surface area contributed by atoms with Gasteiger partial charge in [0.1, 0.15) is 0 Å². The third-order valence-electron chi connectivity index (χ3n) is 3.77. The van der Waals surface area contributed by atoms with E-state index in [2.05, 4.69) is 19.9 Å². The maximum atomic E-state index is 10.3. The molecule has 94 valence electrons. The Balaban J connectivity index is 2.03. The highest BCUT2D eigenvalue weighted by atomic mass is 16.5. The lowest BCUT2D eigenvalue weighted by atomic mass is 9.94. The van der Waals surface area contributed by atoms with E-state index in [9.17, 15) is 5.11 Å². The predicted molar refractivity (Wildman–Crippen MR) is 69.1 cm³/mol. The van der Waals surface area contributed by atoms with Crippen LogP contribution in [-0.4, -0.2) is 17.8 Å². The minimum atomic E-state index is -0.391. The number of rotatable bonds is 3. The smallest absolute Gasteiger partial charge is 0.0817 e. The minimum absolute atomic E-state index is 0.235. The standard InChI is InChI=1S/C15H22O2/c1-11-6-5-8-14(12(11)2)15(16)10-13-7-3-4-9-17-13/h5-6,8,13,15-16H,3-4,7,9-10H2,1-2H3. The first-order valence-corrected chi connectivity index (χ1v) is 6.54. The zero-order valence-corrected chi connectivity index (χ0v) is 10.8. The van der Waals surface area contributed by atoms with Crippen molar-refractivity contribution >= 4 is 0 Å². The van der Waals surface area contributed by atoms with Crippen molar-refractivity contribution in [3.63, 3.8) is 0 Å². The first kappa shape index (κ1) is 12.6. The molecule has 1 aliphatic heterocycles. The quantitative estimate of drug-likeness (QED) is 0.869. The van der Waals surface area contributed by atoms with Gasteiger partial charge in [-0.25, -0.2) is 0 Å². The lowest BCUT2D eigenvalue weighted by Gasteiger charge is -2.25. The first-order chi connectivity index (χ1) is 8.18. The van der Waals surface area contributed by atoms with E-state index in [-0.39, 0.29) is 6.10 Å². The van der Waals surface area contributed by atoms with Crippen molar-refractivity contribution in [2.45, 2.75) is 51.7 Å². The number of aryl methyl sites for hydroxylation is 1. The van der Waals surface area contributed by atoms with Crippen molar-refractivity contribution in [1.29, 1.82) is 0 Å². The zero-order chi connectivity index (χ0) is 12.3. The van der Waals surface area contributed by atoms with Crippen LogP contribution in [0.25, 0.3) is 0 Å². The van der Waals surface area contributed by atoms with Gasteiger partial charge in [-0.1, -0.05) is 18.2 Å². The molecule has 0 aliphatic carbocycles. The Hall–Kier alpha value is -0.860. The summed E-state index contributed by atoms with van der Waals surface area (Å²) in [6.07, 6.45) is 4.04. The van der Waals surface area contributed by atoms with E-state index in [0.29, 0.717) is 0 Å². The summed E-state index contributed by atoms with van der Waals surface area (Å²) in [5.41, 5.74) is 3.50. The van der Waals surface area contributed by atoms with Crippen LogP contribution in [0.1, 0.15) is 48.5 Å². The van der Waals surface area contributed by atoms with E-state index < -0.39 is 6.10 Å². The lowest BCUT2D eigenvalue weighted by Crippen LogP contribution is -2.21. The van der Waals surface area contributed by atoms with Gasteiger partial charge < -0.3 is 9.84 Å². The third kappa shape index (κ3) is 3.08. The Morgan fingerprint density at radius 1 is 1.35 bits per heavy atom. The van der Waals surface area contributed by atoms with Crippen molar-refractivity contribution in [3.05, 3.63) is 34.9 Å². The second kappa shape index (κ2) is 5.65. The molecule has 1 aromatic carbocycles. The summed E-state index contributed by atoms with van der Waals surface area (Å²) >= 11 is 0. The SMILES string of the molecule is Cc1cccc(C(O)CC2CCCCO2)c1C. The van der Waals surface area contributed by atoms with Crippen molar-refractivity contribution in [3.8, 4) is 0 Å². The normalized spacial score (nSPS) is 22.4. The number of hydrogen-bond acceptors (Lipinski definition) is 2. The molecule has 0 amide bonds. The van der Waals surface area contributed by atoms with E-state index >= 15 is 0 Å². The van der Waals surface area contributed by atoms with Crippen LogP contribution in [0.15, 0.2) is 18.2 Å². The fourth-order valence-corrected chi connectivity index (χ4v) is 2.50.